The second-order valence-corrected chi connectivity index (χ2v) is 8.14. The lowest BCUT2D eigenvalue weighted by atomic mass is 10.2. The molecule has 0 saturated carbocycles. The van der Waals surface area contributed by atoms with Crippen molar-refractivity contribution < 1.29 is 13.9 Å². The maximum atomic E-state index is 12.5. The summed E-state index contributed by atoms with van der Waals surface area (Å²) in [5, 5.41) is 4.53. The van der Waals surface area contributed by atoms with Crippen molar-refractivity contribution in [2.75, 3.05) is 36.5 Å². The van der Waals surface area contributed by atoms with Crippen LogP contribution in [0.2, 0.25) is 15.1 Å². The molecule has 2 heterocycles. The highest BCUT2D eigenvalue weighted by Gasteiger charge is 2.18. The fraction of sp³-hybridized carbons (Fsp3) is 0.174. The zero-order valence-electron chi connectivity index (χ0n) is 16.4. The van der Waals surface area contributed by atoms with E-state index in [0.29, 0.717) is 58.6 Å². The summed E-state index contributed by atoms with van der Waals surface area (Å²) in [6, 6.07) is 14.2. The van der Waals surface area contributed by atoms with Crippen molar-refractivity contribution in [2.45, 2.75) is 0 Å². The van der Waals surface area contributed by atoms with Gasteiger partial charge in [-0.25, -0.2) is 0 Å². The summed E-state index contributed by atoms with van der Waals surface area (Å²) in [4.78, 5) is 14.6. The molecule has 160 valence electrons. The Kier molecular flexibility index (Phi) is 6.88. The summed E-state index contributed by atoms with van der Waals surface area (Å²) in [6.45, 7) is 2.67. The summed E-state index contributed by atoms with van der Waals surface area (Å²) in [7, 11) is 0. The molecular formula is C23H19Cl3N2O3. The van der Waals surface area contributed by atoms with E-state index in [1.807, 2.05) is 12.1 Å². The predicted octanol–water partition coefficient (Wildman–Crippen LogP) is 6.40. The molecule has 3 aromatic rings. The third-order valence-corrected chi connectivity index (χ3v) is 5.65. The molecule has 2 aromatic carbocycles. The maximum Gasteiger partial charge on any atom is 0.248 e. The van der Waals surface area contributed by atoms with Gasteiger partial charge in [-0.05, 0) is 48.5 Å². The Morgan fingerprint density at radius 1 is 1.00 bits per heavy atom. The Labute approximate surface area is 195 Å². The predicted molar refractivity (Wildman–Crippen MR) is 126 cm³/mol. The van der Waals surface area contributed by atoms with Crippen LogP contribution >= 0.6 is 34.8 Å². The number of rotatable bonds is 5. The number of nitrogens with zero attached hydrogens (tertiary/aromatic N) is 1. The molecule has 4 rings (SSSR count). The van der Waals surface area contributed by atoms with Gasteiger partial charge in [-0.15, -0.1) is 0 Å². The first kappa shape index (κ1) is 21.8. The number of halogens is 3. The number of furan rings is 1. The van der Waals surface area contributed by atoms with Crippen LogP contribution in [0.25, 0.3) is 17.4 Å². The molecule has 1 aliphatic rings. The number of ether oxygens (including phenoxy) is 1. The van der Waals surface area contributed by atoms with E-state index >= 15 is 0 Å². The van der Waals surface area contributed by atoms with Crippen LogP contribution in [0.1, 0.15) is 5.76 Å². The van der Waals surface area contributed by atoms with Crippen LogP contribution in [0, 0.1) is 0 Å². The number of benzene rings is 2. The van der Waals surface area contributed by atoms with E-state index in [2.05, 4.69) is 10.2 Å². The van der Waals surface area contributed by atoms with Crippen molar-refractivity contribution in [3.63, 3.8) is 0 Å². The highest BCUT2D eigenvalue weighted by atomic mass is 35.5. The number of hydrogen-bond donors (Lipinski definition) is 1. The molecule has 31 heavy (non-hydrogen) atoms. The standard InChI is InChI=1S/C23H19Cl3N2O3/c24-15-4-7-17(19(26)14-15)21-8-5-16(31-21)6-9-22(29)27-20-3-1-2-18(25)23(20)28-10-12-30-13-11-28/h1-9,14H,10-13H2,(H,27,29). The van der Waals surface area contributed by atoms with Gasteiger partial charge in [0.25, 0.3) is 0 Å². The van der Waals surface area contributed by atoms with Crippen LogP contribution < -0.4 is 10.2 Å². The van der Waals surface area contributed by atoms with E-state index in [1.54, 1.807) is 42.5 Å². The number of anilines is 2. The first-order valence-electron chi connectivity index (χ1n) is 9.67. The summed E-state index contributed by atoms with van der Waals surface area (Å²) < 4.78 is 11.2. The normalized spacial score (nSPS) is 14.2. The molecule has 1 N–H and O–H groups in total. The minimum Gasteiger partial charge on any atom is -0.457 e. The highest BCUT2D eigenvalue weighted by Crippen LogP contribution is 2.35. The van der Waals surface area contributed by atoms with Crippen LogP contribution in [-0.2, 0) is 9.53 Å². The minimum atomic E-state index is -0.292. The van der Waals surface area contributed by atoms with Gasteiger partial charge in [0, 0.05) is 29.8 Å². The molecule has 1 aliphatic heterocycles. The van der Waals surface area contributed by atoms with Crippen molar-refractivity contribution in [3.05, 3.63) is 75.4 Å². The second-order valence-electron chi connectivity index (χ2n) is 6.88. The molecular weight excluding hydrogens is 459 g/mol. The van der Waals surface area contributed by atoms with E-state index < -0.39 is 0 Å². The lowest BCUT2D eigenvalue weighted by Gasteiger charge is -2.31. The average Bonchev–Trinajstić information content (AvgIpc) is 3.22. The van der Waals surface area contributed by atoms with Gasteiger partial charge in [0.15, 0.2) is 0 Å². The van der Waals surface area contributed by atoms with Gasteiger partial charge in [-0.1, -0.05) is 40.9 Å². The molecule has 8 heteroatoms. The molecule has 0 unspecified atom stereocenters. The number of hydrogen-bond acceptors (Lipinski definition) is 4. The van der Waals surface area contributed by atoms with Gasteiger partial charge in [-0.3, -0.25) is 4.79 Å². The van der Waals surface area contributed by atoms with E-state index in [0.717, 1.165) is 11.3 Å². The molecule has 1 aromatic heterocycles. The van der Waals surface area contributed by atoms with E-state index in [1.165, 1.54) is 6.08 Å². The first-order valence-corrected chi connectivity index (χ1v) is 10.8. The Bertz CT molecular complexity index is 1120. The third kappa shape index (κ3) is 5.25. The van der Waals surface area contributed by atoms with Gasteiger partial charge >= 0.3 is 0 Å². The summed E-state index contributed by atoms with van der Waals surface area (Å²) >= 11 is 18.6. The summed E-state index contributed by atoms with van der Waals surface area (Å²) in [5.74, 6) is 0.820. The molecule has 1 amide bonds. The van der Waals surface area contributed by atoms with Crippen LogP contribution in [0.15, 0.2) is 59.0 Å². The Balaban J connectivity index is 1.47. The first-order chi connectivity index (χ1) is 15.0. The molecule has 5 nitrogen and oxygen atoms in total. The van der Waals surface area contributed by atoms with E-state index in [4.69, 9.17) is 44.0 Å². The Morgan fingerprint density at radius 2 is 1.81 bits per heavy atom. The fourth-order valence-corrected chi connectivity index (χ4v) is 4.13. The smallest absolute Gasteiger partial charge is 0.248 e. The zero-order chi connectivity index (χ0) is 21.8. The van der Waals surface area contributed by atoms with E-state index in [9.17, 15) is 4.79 Å². The molecule has 0 atom stereocenters. The van der Waals surface area contributed by atoms with Crippen LogP contribution in [0.3, 0.4) is 0 Å². The van der Waals surface area contributed by atoms with Crippen LogP contribution in [0.5, 0.6) is 0 Å². The lowest BCUT2D eigenvalue weighted by Crippen LogP contribution is -2.37. The highest BCUT2D eigenvalue weighted by molar-refractivity contribution is 6.36. The largest absolute Gasteiger partial charge is 0.457 e. The fourth-order valence-electron chi connectivity index (χ4n) is 3.33. The number of para-hydroxylation sites is 1. The van der Waals surface area contributed by atoms with Crippen LogP contribution in [-0.4, -0.2) is 32.2 Å². The van der Waals surface area contributed by atoms with Crippen molar-refractivity contribution in [1.29, 1.82) is 0 Å². The Morgan fingerprint density at radius 3 is 2.58 bits per heavy atom. The molecule has 1 saturated heterocycles. The van der Waals surface area contributed by atoms with Crippen LogP contribution in [0.4, 0.5) is 11.4 Å². The second kappa shape index (κ2) is 9.79. The topological polar surface area (TPSA) is 54.7 Å². The van der Waals surface area contributed by atoms with Crippen molar-refractivity contribution in [2.24, 2.45) is 0 Å². The molecule has 0 radical (unpaired) electrons. The monoisotopic (exact) mass is 476 g/mol. The maximum absolute atomic E-state index is 12.5. The molecule has 1 fully saturated rings. The van der Waals surface area contributed by atoms with Gasteiger partial charge in [0.2, 0.25) is 5.91 Å². The van der Waals surface area contributed by atoms with E-state index in [-0.39, 0.29) is 5.91 Å². The zero-order valence-corrected chi connectivity index (χ0v) is 18.7. The minimum absolute atomic E-state index is 0.292. The van der Waals surface area contributed by atoms with Crippen molar-refractivity contribution >= 4 is 58.2 Å². The summed E-state index contributed by atoms with van der Waals surface area (Å²) in [5.41, 5.74) is 2.17. The SMILES string of the molecule is O=C(C=Cc1ccc(-c2ccc(Cl)cc2Cl)o1)Nc1cccc(Cl)c1N1CCOCC1. The lowest BCUT2D eigenvalue weighted by molar-refractivity contribution is -0.111. The Hall–Kier alpha value is -2.44. The van der Waals surface area contributed by atoms with Gasteiger partial charge in [-0.2, -0.15) is 0 Å². The number of carbonyl (C=O) groups excluding carboxylic acids is 1. The number of amides is 1. The number of carbonyl (C=O) groups is 1. The van der Waals surface area contributed by atoms with Gasteiger partial charge in [0.1, 0.15) is 11.5 Å². The average molecular weight is 478 g/mol. The van der Waals surface area contributed by atoms with Crippen molar-refractivity contribution in [3.8, 4) is 11.3 Å². The quantitative estimate of drug-likeness (QED) is 0.432. The third-order valence-electron chi connectivity index (χ3n) is 4.79. The molecule has 0 spiro atoms. The molecule has 0 bridgehead atoms. The van der Waals surface area contributed by atoms with Gasteiger partial charge < -0.3 is 19.4 Å². The van der Waals surface area contributed by atoms with Gasteiger partial charge in [0.05, 0.1) is 34.6 Å². The number of nitrogens with one attached hydrogen (secondary N) is 1. The molecule has 0 aliphatic carbocycles. The van der Waals surface area contributed by atoms with Crippen molar-refractivity contribution in [1.82, 2.24) is 0 Å². The number of morpholine rings is 1. The summed E-state index contributed by atoms with van der Waals surface area (Å²) in [6.07, 6.45) is 3.01.